The summed E-state index contributed by atoms with van der Waals surface area (Å²) in [5.74, 6) is 0.906. The topological polar surface area (TPSA) is 102 Å². The van der Waals surface area contributed by atoms with Gasteiger partial charge in [-0.1, -0.05) is 18.2 Å². The third-order valence-corrected chi connectivity index (χ3v) is 5.03. The summed E-state index contributed by atoms with van der Waals surface area (Å²) in [6, 6.07) is 20.3. The lowest BCUT2D eigenvalue weighted by molar-refractivity contribution is 0.102. The van der Waals surface area contributed by atoms with Gasteiger partial charge in [0.2, 0.25) is 10.0 Å². The molecule has 3 aromatic carbocycles. The largest absolute Gasteiger partial charge is 0.457 e. The normalized spacial score (nSPS) is 11.0. The minimum atomic E-state index is -3.89. The van der Waals surface area contributed by atoms with Crippen LogP contribution in [0, 0.1) is 0 Å². The first kappa shape index (κ1) is 20.4. The van der Waals surface area contributed by atoms with Crippen molar-refractivity contribution in [2.24, 2.45) is 5.14 Å². The Kier molecular flexibility index (Phi) is 5.86. The molecule has 1 amide bonds. The maximum atomic E-state index is 12.7. The quantitative estimate of drug-likeness (QED) is 0.647. The lowest BCUT2D eigenvalue weighted by atomic mass is 10.2. The summed E-state index contributed by atoms with van der Waals surface area (Å²) in [6.45, 7) is 0. The summed E-state index contributed by atoms with van der Waals surface area (Å²) in [4.78, 5) is 14.4. The number of rotatable bonds is 6. The molecule has 0 atom stereocenters. The summed E-state index contributed by atoms with van der Waals surface area (Å²) in [5, 5.41) is 7.95. The number of nitrogens with one attached hydrogen (secondary N) is 1. The molecular weight excluding hydrogens is 390 g/mol. The van der Waals surface area contributed by atoms with Crippen molar-refractivity contribution in [3.63, 3.8) is 0 Å². The fourth-order valence-corrected chi connectivity index (χ4v) is 3.22. The molecule has 8 heteroatoms. The molecule has 0 heterocycles. The van der Waals surface area contributed by atoms with Gasteiger partial charge in [-0.25, -0.2) is 13.6 Å². The number of amides is 1. The van der Waals surface area contributed by atoms with E-state index in [1.807, 2.05) is 30.3 Å². The number of anilines is 2. The fraction of sp³-hybridized carbons (Fsp3) is 0.0952. The lowest BCUT2D eigenvalue weighted by Crippen LogP contribution is -2.18. The fourth-order valence-electron chi connectivity index (χ4n) is 2.68. The molecule has 0 saturated heterocycles. The Balaban J connectivity index is 1.81. The van der Waals surface area contributed by atoms with Crippen molar-refractivity contribution in [3.8, 4) is 11.5 Å². The van der Waals surface area contributed by atoms with Crippen LogP contribution in [0.15, 0.2) is 77.7 Å². The molecule has 150 valence electrons. The molecule has 3 rings (SSSR count). The van der Waals surface area contributed by atoms with Crippen LogP contribution in [-0.4, -0.2) is 28.4 Å². The first-order chi connectivity index (χ1) is 13.7. The van der Waals surface area contributed by atoms with Gasteiger partial charge < -0.3 is 15.0 Å². The first-order valence-corrected chi connectivity index (χ1v) is 10.3. The third kappa shape index (κ3) is 5.13. The molecule has 3 N–H and O–H groups in total. The second kappa shape index (κ2) is 8.34. The minimum absolute atomic E-state index is 0.0787. The molecule has 0 radical (unpaired) electrons. The average molecular weight is 411 g/mol. The maximum absolute atomic E-state index is 12.7. The van der Waals surface area contributed by atoms with Crippen LogP contribution in [0.5, 0.6) is 11.5 Å². The van der Waals surface area contributed by atoms with Gasteiger partial charge in [-0.15, -0.1) is 0 Å². The molecule has 0 aromatic heterocycles. The number of nitrogens with two attached hydrogens (primary N) is 1. The van der Waals surface area contributed by atoms with Gasteiger partial charge in [0.05, 0.1) is 16.3 Å². The Morgan fingerprint density at radius 1 is 0.931 bits per heavy atom. The zero-order chi connectivity index (χ0) is 21.0. The number of hydrogen-bond acceptors (Lipinski definition) is 5. The number of carbonyl (C=O) groups is 1. The molecule has 0 aliphatic rings. The highest BCUT2D eigenvalue weighted by atomic mass is 32.2. The van der Waals surface area contributed by atoms with E-state index in [1.165, 1.54) is 12.1 Å². The van der Waals surface area contributed by atoms with Crippen LogP contribution >= 0.6 is 0 Å². The van der Waals surface area contributed by atoms with Crippen molar-refractivity contribution >= 4 is 27.3 Å². The van der Waals surface area contributed by atoms with E-state index in [-0.39, 0.29) is 10.8 Å². The van der Waals surface area contributed by atoms with Crippen LogP contribution < -0.4 is 20.1 Å². The second-order valence-electron chi connectivity index (χ2n) is 6.51. The molecule has 0 bridgehead atoms. The molecule has 0 unspecified atom stereocenters. The van der Waals surface area contributed by atoms with Gasteiger partial charge in [-0.3, -0.25) is 4.79 Å². The van der Waals surface area contributed by atoms with Crippen molar-refractivity contribution in [3.05, 3.63) is 78.4 Å². The van der Waals surface area contributed by atoms with Gasteiger partial charge >= 0.3 is 0 Å². The summed E-state index contributed by atoms with van der Waals surface area (Å²) >= 11 is 0. The van der Waals surface area contributed by atoms with Gasteiger partial charge in [0.15, 0.2) is 0 Å². The number of sulfonamides is 1. The van der Waals surface area contributed by atoms with Gasteiger partial charge in [0.1, 0.15) is 11.5 Å². The van der Waals surface area contributed by atoms with E-state index in [0.29, 0.717) is 28.4 Å². The molecule has 0 aliphatic heterocycles. The molecule has 7 nitrogen and oxygen atoms in total. The van der Waals surface area contributed by atoms with Crippen LogP contribution in [0.25, 0.3) is 0 Å². The summed E-state index contributed by atoms with van der Waals surface area (Å²) in [5.41, 5.74) is 1.39. The third-order valence-electron chi connectivity index (χ3n) is 4.12. The lowest BCUT2D eigenvalue weighted by Gasteiger charge is -2.19. The van der Waals surface area contributed by atoms with Crippen molar-refractivity contribution in [2.75, 3.05) is 24.3 Å². The number of benzene rings is 3. The van der Waals surface area contributed by atoms with E-state index in [1.54, 1.807) is 49.3 Å². The highest BCUT2D eigenvalue weighted by Crippen LogP contribution is 2.28. The van der Waals surface area contributed by atoms with Gasteiger partial charge in [-0.05, 0) is 54.6 Å². The standard InChI is InChI=1S/C21H21N3O4S/c1-24(2)20-13-12-18(29(22,26)27)14-19(20)23-21(25)15-8-10-17(11-9-15)28-16-6-4-3-5-7-16/h3-14H,1-2H3,(H,23,25)(H2,22,26,27). The Morgan fingerprint density at radius 2 is 1.55 bits per heavy atom. The van der Waals surface area contributed by atoms with E-state index < -0.39 is 10.0 Å². The van der Waals surface area contributed by atoms with Crippen LogP contribution in [-0.2, 0) is 10.0 Å². The number of hydrogen-bond donors (Lipinski definition) is 2. The number of para-hydroxylation sites is 1. The molecule has 29 heavy (non-hydrogen) atoms. The highest BCUT2D eigenvalue weighted by Gasteiger charge is 2.15. The predicted molar refractivity (Wildman–Crippen MR) is 113 cm³/mol. The SMILES string of the molecule is CN(C)c1ccc(S(N)(=O)=O)cc1NC(=O)c1ccc(Oc2ccccc2)cc1. The van der Waals surface area contributed by atoms with Crippen molar-refractivity contribution in [1.82, 2.24) is 0 Å². The minimum Gasteiger partial charge on any atom is -0.457 e. The summed E-state index contributed by atoms with van der Waals surface area (Å²) in [7, 11) is -0.312. The predicted octanol–water partition coefficient (Wildman–Crippen LogP) is 3.44. The maximum Gasteiger partial charge on any atom is 0.255 e. The van der Waals surface area contributed by atoms with E-state index in [9.17, 15) is 13.2 Å². The summed E-state index contributed by atoms with van der Waals surface area (Å²) in [6.07, 6.45) is 0. The van der Waals surface area contributed by atoms with Crippen molar-refractivity contribution in [2.45, 2.75) is 4.90 Å². The zero-order valence-electron chi connectivity index (χ0n) is 16.0. The van der Waals surface area contributed by atoms with Crippen molar-refractivity contribution < 1.29 is 17.9 Å². The Labute approximate surface area is 169 Å². The monoisotopic (exact) mass is 411 g/mol. The van der Waals surface area contributed by atoms with E-state index in [2.05, 4.69) is 5.32 Å². The van der Waals surface area contributed by atoms with E-state index in [0.717, 1.165) is 0 Å². The smallest absolute Gasteiger partial charge is 0.255 e. The number of ether oxygens (including phenoxy) is 1. The number of nitrogens with zero attached hydrogens (tertiary/aromatic N) is 1. The summed E-state index contributed by atoms with van der Waals surface area (Å²) < 4.78 is 29.0. The van der Waals surface area contributed by atoms with Gasteiger partial charge in [-0.2, -0.15) is 0 Å². The van der Waals surface area contributed by atoms with Gasteiger partial charge in [0, 0.05) is 19.7 Å². The number of primary sulfonamides is 1. The molecule has 3 aromatic rings. The molecule has 0 saturated carbocycles. The molecular formula is C21H21N3O4S. The highest BCUT2D eigenvalue weighted by molar-refractivity contribution is 7.89. The Bertz CT molecular complexity index is 1110. The molecule has 0 fully saturated rings. The average Bonchev–Trinajstić information content (AvgIpc) is 2.68. The van der Waals surface area contributed by atoms with Crippen LogP contribution in [0.3, 0.4) is 0 Å². The second-order valence-corrected chi connectivity index (χ2v) is 8.07. The van der Waals surface area contributed by atoms with Crippen molar-refractivity contribution in [1.29, 1.82) is 0 Å². The molecule has 0 aliphatic carbocycles. The zero-order valence-corrected chi connectivity index (χ0v) is 16.8. The Morgan fingerprint density at radius 3 is 2.14 bits per heavy atom. The molecule has 0 spiro atoms. The number of carbonyl (C=O) groups excluding carboxylic acids is 1. The Hall–Kier alpha value is -3.36. The van der Waals surface area contributed by atoms with Gasteiger partial charge in [0.25, 0.3) is 5.91 Å². The first-order valence-electron chi connectivity index (χ1n) is 8.72. The van der Waals surface area contributed by atoms with E-state index in [4.69, 9.17) is 9.88 Å². The van der Waals surface area contributed by atoms with Crippen LogP contribution in [0.1, 0.15) is 10.4 Å². The van der Waals surface area contributed by atoms with Crippen LogP contribution in [0.2, 0.25) is 0 Å². The van der Waals surface area contributed by atoms with Crippen LogP contribution in [0.4, 0.5) is 11.4 Å². The van der Waals surface area contributed by atoms with E-state index >= 15 is 0 Å².